The molecule has 6 heteroatoms. The van der Waals surface area contributed by atoms with E-state index in [0.717, 1.165) is 43.9 Å². The number of benzene rings is 1. The molecule has 1 heterocycles. The van der Waals surface area contributed by atoms with Gasteiger partial charge in [-0.2, -0.15) is 0 Å². The molecule has 2 atom stereocenters. The van der Waals surface area contributed by atoms with Crippen molar-refractivity contribution in [3.05, 3.63) is 39.7 Å². The van der Waals surface area contributed by atoms with Crippen LogP contribution in [-0.2, 0) is 0 Å². The number of hydrogen-bond acceptors (Lipinski definition) is 3. The van der Waals surface area contributed by atoms with Gasteiger partial charge in [0.05, 0.1) is 10.5 Å². The van der Waals surface area contributed by atoms with Gasteiger partial charge in [-0.15, -0.1) is 0 Å². The monoisotopic (exact) mass is 292 g/mol. The fourth-order valence-corrected chi connectivity index (χ4v) is 3.60. The fourth-order valence-electron chi connectivity index (χ4n) is 3.60. The maximum Gasteiger partial charge on any atom is 0.270 e. The van der Waals surface area contributed by atoms with Gasteiger partial charge in [0.1, 0.15) is 5.82 Å². The highest BCUT2D eigenvalue weighted by atomic mass is 19.1. The van der Waals surface area contributed by atoms with Crippen LogP contribution in [0.15, 0.2) is 18.2 Å². The molecule has 1 aliphatic carbocycles. The largest absolute Gasteiger partial charge is 0.335 e. The van der Waals surface area contributed by atoms with Crippen molar-refractivity contribution in [1.82, 2.24) is 4.90 Å². The second-order valence-corrected chi connectivity index (χ2v) is 5.82. The number of carbonyl (C=O) groups is 1. The molecule has 1 saturated carbocycles. The molecule has 1 saturated heterocycles. The Kier molecular flexibility index (Phi) is 3.61. The summed E-state index contributed by atoms with van der Waals surface area (Å²) >= 11 is 0. The van der Waals surface area contributed by atoms with Crippen LogP contribution < -0.4 is 0 Å². The molecule has 2 aliphatic rings. The summed E-state index contributed by atoms with van der Waals surface area (Å²) in [5.74, 6) is -0.597. The minimum absolute atomic E-state index is 0.171. The van der Waals surface area contributed by atoms with Gasteiger partial charge in [0.15, 0.2) is 0 Å². The lowest BCUT2D eigenvalue weighted by molar-refractivity contribution is -0.384. The van der Waals surface area contributed by atoms with Crippen LogP contribution in [-0.4, -0.2) is 28.3 Å². The van der Waals surface area contributed by atoms with Crippen LogP contribution in [0.2, 0.25) is 0 Å². The predicted molar refractivity (Wildman–Crippen MR) is 74.5 cm³/mol. The Hall–Kier alpha value is -1.98. The summed E-state index contributed by atoms with van der Waals surface area (Å²) in [6.45, 7) is 0.621. The number of nitro groups is 1. The average molecular weight is 292 g/mol. The molecule has 1 aliphatic heterocycles. The number of amides is 1. The zero-order chi connectivity index (χ0) is 15.0. The molecular weight excluding hydrogens is 275 g/mol. The third-order valence-corrected chi connectivity index (χ3v) is 4.66. The third kappa shape index (κ3) is 2.50. The van der Waals surface area contributed by atoms with Crippen molar-refractivity contribution in [2.75, 3.05) is 6.54 Å². The Morgan fingerprint density at radius 3 is 2.81 bits per heavy atom. The first-order valence-electron chi connectivity index (χ1n) is 7.33. The molecule has 112 valence electrons. The van der Waals surface area contributed by atoms with Crippen molar-refractivity contribution in [3.63, 3.8) is 0 Å². The number of likely N-dealkylation sites (tertiary alicyclic amines) is 1. The van der Waals surface area contributed by atoms with Crippen LogP contribution in [0.1, 0.15) is 42.5 Å². The van der Waals surface area contributed by atoms with Crippen molar-refractivity contribution in [3.8, 4) is 0 Å². The molecule has 0 radical (unpaired) electrons. The molecule has 1 aromatic carbocycles. The van der Waals surface area contributed by atoms with Gasteiger partial charge in [0, 0.05) is 24.7 Å². The quantitative estimate of drug-likeness (QED) is 0.621. The van der Waals surface area contributed by atoms with Crippen LogP contribution in [0.25, 0.3) is 0 Å². The van der Waals surface area contributed by atoms with E-state index in [0.29, 0.717) is 12.5 Å². The first kappa shape index (κ1) is 14.0. The fraction of sp³-hybridized carbons (Fsp3) is 0.533. The van der Waals surface area contributed by atoms with Gasteiger partial charge < -0.3 is 4.90 Å². The lowest BCUT2D eigenvalue weighted by Crippen LogP contribution is -2.39. The zero-order valence-corrected chi connectivity index (χ0v) is 11.6. The first-order chi connectivity index (χ1) is 10.1. The minimum atomic E-state index is -0.690. The summed E-state index contributed by atoms with van der Waals surface area (Å²) in [4.78, 5) is 24.5. The van der Waals surface area contributed by atoms with E-state index in [1.165, 1.54) is 6.42 Å². The third-order valence-electron chi connectivity index (χ3n) is 4.66. The Labute approximate surface area is 121 Å². The van der Waals surface area contributed by atoms with Gasteiger partial charge in [-0.05, 0) is 31.2 Å². The van der Waals surface area contributed by atoms with Crippen LogP contribution in [0.5, 0.6) is 0 Å². The topological polar surface area (TPSA) is 63.4 Å². The number of halogens is 1. The van der Waals surface area contributed by atoms with E-state index in [2.05, 4.69) is 0 Å². The molecule has 0 spiro atoms. The standard InChI is InChI=1S/C15H17FN2O3/c16-13-6-5-11(18(20)21)9-12(13)15(19)17-8-7-10-3-1-2-4-14(10)17/h5-6,9-10,14H,1-4,7-8H2. The molecule has 1 aromatic rings. The van der Waals surface area contributed by atoms with Crippen molar-refractivity contribution in [2.24, 2.45) is 5.92 Å². The van der Waals surface area contributed by atoms with E-state index in [9.17, 15) is 19.3 Å². The van der Waals surface area contributed by atoms with E-state index in [1.807, 2.05) is 0 Å². The normalized spacial score (nSPS) is 24.7. The number of carbonyl (C=O) groups excluding carboxylic acids is 1. The summed E-state index contributed by atoms with van der Waals surface area (Å²) in [6.07, 6.45) is 5.29. The van der Waals surface area contributed by atoms with Crippen LogP contribution >= 0.6 is 0 Å². The highest BCUT2D eigenvalue weighted by Gasteiger charge is 2.39. The number of rotatable bonds is 2. The number of nitro benzene ring substituents is 1. The number of nitrogens with zero attached hydrogens (tertiary/aromatic N) is 2. The summed E-state index contributed by atoms with van der Waals surface area (Å²) in [6, 6.07) is 3.30. The summed E-state index contributed by atoms with van der Waals surface area (Å²) in [7, 11) is 0. The van der Waals surface area contributed by atoms with Gasteiger partial charge in [-0.3, -0.25) is 14.9 Å². The number of fused-ring (bicyclic) bond motifs is 1. The van der Waals surface area contributed by atoms with E-state index in [4.69, 9.17) is 0 Å². The van der Waals surface area contributed by atoms with Crippen LogP contribution in [0.4, 0.5) is 10.1 Å². The molecule has 21 heavy (non-hydrogen) atoms. The highest BCUT2D eigenvalue weighted by molar-refractivity contribution is 5.95. The maximum atomic E-state index is 13.9. The van der Waals surface area contributed by atoms with E-state index >= 15 is 0 Å². The maximum absolute atomic E-state index is 13.9. The summed E-state index contributed by atoms with van der Waals surface area (Å²) in [5.41, 5.74) is -0.436. The van der Waals surface area contributed by atoms with Crippen LogP contribution in [0.3, 0.4) is 0 Å². The zero-order valence-electron chi connectivity index (χ0n) is 11.6. The second-order valence-electron chi connectivity index (χ2n) is 5.82. The van der Waals surface area contributed by atoms with Gasteiger partial charge in [-0.25, -0.2) is 4.39 Å². The Morgan fingerprint density at radius 1 is 1.29 bits per heavy atom. The van der Waals surface area contributed by atoms with E-state index < -0.39 is 16.6 Å². The number of non-ortho nitro benzene ring substituents is 1. The van der Waals surface area contributed by atoms with Gasteiger partial charge in [0.25, 0.3) is 11.6 Å². The molecule has 3 rings (SSSR count). The Morgan fingerprint density at radius 2 is 2.05 bits per heavy atom. The first-order valence-corrected chi connectivity index (χ1v) is 7.33. The highest BCUT2D eigenvalue weighted by Crippen LogP contribution is 2.37. The second kappa shape index (κ2) is 5.42. The summed E-state index contributed by atoms with van der Waals surface area (Å²) < 4.78 is 13.9. The van der Waals surface area contributed by atoms with Gasteiger partial charge >= 0.3 is 0 Å². The van der Waals surface area contributed by atoms with Crippen molar-refractivity contribution in [1.29, 1.82) is 0 Å². The molecule has 0 N–H and O–H groups in total. The van der Waals surface area contributed by atoms with Crippen LogP contribution in [0, 0.1) is 21.8 Å². The average Bonchev–Trinajstić information content (AvgIpc) is 2.90. The Bertz CT molecular complexity index is 590. The molecule has 2 fully saturated rings. The number of hydrogen-bond donors (Lipinski definition) is 0. The lowest BCUT2D eigenvalue weighted by Gasteiger charge is -2.31. The molecule has 0 bridgehead atoms. The van der Waals surface area contributed by atoms with E-state index in [-0.39, 0.29) is 17.3 Å². The smallest absolute Gasteiger partial charge is 0.270 e. The van der Waals surface area contributed by atoms with Gasteiger partial charge in [-0.1, -0.05) is 12.8 Å². The molecular formula is C15H17FN2O3. The van der Waals surface area contributed by atoms with Gasteiger partial charge in [0.2, 0.25) is 0 Å². The molecule has 5 nitrogen and oxygen atoms in total. The predicted octanol–water partition coefficient (Wildman–Crippen LogP) is 3.14. The van der Waals surface area contributed by atoms with Crippen molar-refractivity contribution >= 4 is 11.6 Å². The van der Waals surface area contributed by atoms with Crippen molar-refractivity contribution in [2.45, 2.75) is 38.1 Å². The molecule has 0 aromatic heterocycles. The minimum Gasteiger partial charge on any atom is -0.335 e. The van der Waals surface area contributed by atoms with Crippen molar-refractivity contribution < 1.29 is 14.1 Å². The lowest BCUT2D eigenvalue weighted by atomic mass is 9.85. The SMILES string of the molecule is O=C(c1cc([N+](=O)[O-])ccc1F)N1CCC2CCCCC21. The van der Waals surface area contributed by atoms with E-state index in [1.54, 1.807) is 4.90 Å². The molecule has 2 unspecified atom stereocenters. The Balaban J connectivity index is 1.88. The summed E-state index contributed by atoms with van der Waals surface area (Å²) in [5, 5.41) is 10.8. The molecule has 1 amide bonds.